The van der Waals surface area contributed by atoms with Crippen LogP contribution in [0.4, 0.5) is 5.00 Å². The predicted molar refractivity (Wildman–Crippen MR) is 67.1 cm³/mol. The van der Waals surface area contributed by atoms with Gasteiger partial charge < -0.3 is 10.0 Å². The molecule has 0 saturated carbocycles. The van der Waals surface area contributed by atoms with Crippen molar-refractivity contribution in [1.29, 1.82) is 0 Å². The van der Waals surface area contributed by atoms with Crippen molar-refractivity contribution in [1.82, 2.24) is 4.37 Å². The minimum Gasteiger partial charge on any atom is -0.386 e. The molecule has 1 aromatic carbocycles. The Balaban J connectivity index is 1.92. The molecule has 3 rings (SSSR count). The van der Waals surface area contributed by atoms with Crippen molar-refractivity contribution < 1.29 is 5.11 Å². The van der Waals surface area contributed by atoms with Gasteiger partial charge in [-0.2, -0.15) is 4.37 Å². The molecule has 0 bridgehead atoms. The van der Waals surface area contributed by atoms with Crippen molar-refractivity contribution in [2.75, 3.05) is 18.0 Å². The van der Waals surface area contributed by atoms with E-state index in [-0.39, 0.29) is 0 Å². The summed E-state index contributed by atoms with van der Waals surface area (Å²) in [6, 6.07) is 8.16. The first-order valence-corrected chi connectivity index (χ1v) is 6.31. The average Bonchev–Trinajstić information content (AvgIpc) is 2.68. The number of aliphatic hydroxyl groups is 1. The summed E-state index contributed by atoms with van der Waals surface area (Å²) in [4.78, 5) is 2.21. The molecule has 0 radical (unpaired) electrons. The van der Waals surface area contributed by atoms with Crippen molar-refractivity contribution in [2.45, 2.75) is 18.9 Å². The molecule has 84 valence electrons. The smallest absolute Gasteiger partial charge is 0.120 e. The fraction of sp³-hybridized carbons (Fsp3) is 0.417. The first-order valence-electron chi connectivity index (χ1n) is 5.54. The van der Waals surface area contributed by atoms with Crippen LogP contribution in [0.2, 0.25) is 0 Å². The summed E-state index contributed by atoms with van der Waals surface area (Å²) >= 11 is 1.52. The second-order valence-corrected chi connectivity index (χ2v) is 5.19. The SMILES string of the molecule is CCC1(O)CN(c2snc3ccccc23)C1. The van der Waals surface area contributed by atoms with Crippen molar-refractivity contribution in [3.8, 4) is 0 Å². The summed E-state index contributed by atoms with van der Waals surface area (Å²) in [7, 11) is 0. The topological polar surface area (TPSA) is 36.4 Å². The van der Waals surface area contributed by atoms with Crippen molar-refractivity contribution in [2.24, 2.45) is 0 Å². The minimum absolute atomic E-state index is 0.481. The standard InChI is InChI=1S/C12H14N2OS/c1-2-12(15)7-14(8-12)11-9-5-3-4-6-10(9)13-16-11/h3-6,15H,2,7-8H2,1H3. The van der Waals surface area contributed by atoms with Crippen LogP contribution in [0.5, 0.6) is 0 Å². The first kappa shape index (κ1) is 10.1. The largest absolute Gasteiger partial charge is 0.386 e. The number of hydrogen-bond acceptors (Lipinski definition) is 4. The van der Waals surface area contributed by atoms with Gasteiger partial charge in [-0.05, 0) is 30.1 Å². The average molecular weight is 234 g/mol. The Labute approximate surface area is 98.5 Å². The summed E-state index contributed by atoms with van der Waals surface area (Å²) in [5, 5.41) is 12.4. The van der Waals surface area contributed by atoms with Crippen LogP contribution in [-0.4, -0.2) is 28.2 Å². The molecule has 1 aliphatic heterocycles. The van der Waals surface area contributed by atoms with Crippen LogP contribution in [0.15, 0.2) is 24.3 Å². The van der Waals surface area contributed by atoms with E-state index < -0.39 is 5.60 Å². The number of anilines is 1. The molecule has 2 aromatic rings. The second-order valence-electron chi connectivity index (χ2n) is 4.44. The van der Waals surface area contributed by atoms with Crippen LogP contribution < -0.4 is 4.90 Å². The van der Waals surface area contributed by atoms with Gasteiger partial charge >= 0.3 is 0 Å². The van der Waals surface area contributed by atoms with Crippen LogP contribution in [-0.2, 0) is 0 Å². The lowest BCUT2D eigenvalue weighted by molar-refractivity contribution is 0.00908. The van der Waals surface area contributed by atoms with E-state index >= 15 is 0 Å². The van der Waals surface area contributed by atoms with Gasteiger partial charge in [-0.25, -0.2) is 0 Å². The predicted octanol–water partition coefficient (Wildman–Crippen LogP) is 2.26. The van der Waals surface area contributed by atoms with E-state index in [1.54, 1.807) is 0 Å². The molecule has 0 unspecified atom stereocenters. The van der Waals surface area contributed by atoms with Crippen molar-refractivity contribution in [3.05, 3.63) is 24.3 Å². The number of β-amino-alcohol motifs (C(OH)–C–C–N with tert-alkyl or cyclic N) is 1. The number of fused-ring (bicyclic) bond motifs is 1. The van der Waals surface area contributed by atoms with Crippen LogP contribution in [0, 0.1) is 0 Å². The zero-order chi connectivity index (χ0) is 11.2. The molecular formula is C12H14N2OS. The third kappa shape index (κ3) is 1.41. The Kier molecular flexibility index (Phi) is 2.16. The molecular weight excluding hydrogens is 220 g/mol. The van der Waals surface area contributed by atoms with E-state index in [2.05, 4.69) is 15.3 Å². The van der Waals surface area contributed by atoms with E-state index in [1.807, 2.05) is 25.1 Å². The summed E-state index contributed by atoms with van der Waals surface area (Å²) in [6.45, 7) is 3.49. The Morgan fingerprint density at radius 1 is 1.44 bits per heavy atom. The normalized spacial score (nSPS) is 18.8. The lowest BCUT2D eigenvalue weighted by atomic mass is 9.91. The van der Waals surface area contributed by atoms with Crippen LogP contribution in [0.25, 0.3) is 10.9 Å². The third-order valence-electron chi connectivity index (χ3n) is 3.28. The van der Waals surface area contributed by atoms with Crippen LogP contribution in [0.3, 0.4) is 0 Å². The van der Waals surface area contributed by atoms with Gasteiger partial charge in [0.2, 0.25) is 0 Å². The summed E-state index contributed by atoms with van der Waals surface area (Å²) < 4.78 is 4.41. The number of nitrogens with zero attached hydrogens (tertiary/aromatic N) is 2. The van der Waals surface area contributed by atoms with Crippen molar-refractivity contribution >= 4 is 27.4 Å². The van der Waals surface area contributed by atoms with Gasteiger partial charge in [0.25, 0.3) is 0 Å². The fourth-order valence-electron chi connectivity index (χ4n) is 2.14. The quantitative estimate of drug-likeness (QED) is 0.866. The highest BCUT2D eigenvalue weighted by atomic mass is 32.1. The number of aromatic nitrogens is 1. The Bertz CT molecular complexity index is 516. The molecule has 1 fully saturated rings. The molecule has 0 spiro atoms. The second kappa shape index (κ2) is 3.43. The third-order valence-corrected chi connectivity index (χ3v) is 4.22. The van der Waals surface area contributed by atoms with E-state index in [0.29, 0.717) is 0 Å². The molecule has 0 amide bonds. The first-order chi connectivity index (χ1) is 7.72. The van der Waals surface area contributed by atoms with Gasteiger partial charge in [-0.3, -0.25) is 0 Å². The number of hydrogen-bond donors (Lipinski definition) is 1. The Morgan fingerprint density at radius 3 is 2.94 bits per heavy atom. The van der Waals surface area contributed by atoms with Crippen LogP contribution in [0.1, 0.15) is 13.3 Å². The highest BCUT2D eigenvalue weighted by Gasteiger charge is 2.40. The molecule has 1 aliphatic rings. The molecule has 16 heavy (non-hydrogen) atoms. The van der Waals surface area contributed by atoms with Gasteiger partial charge in [0, 0.05) is 18.5 Å². The molecule has 1 N–H and O–H groups in total. The van der Waals surface area contributed by atoms with Crippen molar-refractivity contribution in [3.63, 3.8) is 0 Å². The maximum Gasteiger partial charge on any atom is 0.120 e. The molecule has 2 heterocycles. The molecule has 4 heteroatoms. The lowest BCUT2D eigenvalue weighted by Gasteiger charge is -2.46. The van der Waals surface area contributed by atoms with E-state index in [1.165, 1.54) is 21.9 Å². The van der Waals surface area contributed by atoms with E-state index in [4.69, 9.17) is 0 Å². The molecule has 3 nitrogen and oxygen atoms in total. The Morgan fingerprint density at radius 2 is 2.19 bits per heavy atom. The minimum atomic E-state index is -0.481. The lowest BCUT2D eigenvalue weighted by Crippen LogP contribution is -2.61. The number of benzene rings is 1. The zero-order valence-corrected chi connectivity index (χ0v) is 10.00. The maximum absolute atomic E-state index is 10.0. The number of rotatable bonds is 2. The van der Waals surface area contributed by atoms with Gasteiger partial charge in [-0.1, -0.05) is 19.1 Å². The summed E-state index contributed by atoms with van der Waals surface area (Å²) in [6.07, 6.45) is 0.820. The highest BCUT2D eigenvalue weighted by Crippen LogP contribution is 2.37. The molecule has 0 aliphatic carbocycles. The molecule has 1 aromatic heterocycles. The van der Waals surface area contributed by atoms with Gasteiger partial charge in [-0.15, -0.1) is 0 Å². The van der Waals surface area contributed by atoms with Gasteiger partial charge in [0.1, 0.15) is 5.00 Å². The Hall–Kier alpha value is -1.13. The summed E-state index contributed by atoms with van der Waals surface area (Å²) in [5.41, 5.74) is 0.569. The summed E-state index contributed by atoms with van der Waals surface area (Å²) in [5.74, 6) is 0. The molecule has 1 saturated heterocycles. The molecule has 0 atom stereocenters. The van der Waals surface area contributed by atoms with Gasteiger partial charge in [0.15, 0.2) is 0 Å². The maximum atomic E-state index is 10.0. The zero-order valence-electron chi connectivity index (χ0n) is 9.18. The fourth-order valence-corrected chi connectivity index (χ4v) is 2.99. The van der Waals surface area contributed by atoms with E-state index in [0.717, 1.165) is 25.0 Å². The highest BCUT2D eigenvalue weighted by molar-refractivity contribution is 7.11. The van der Waals surface area contributed by atoms with Gasteiger partial charge in [0.05, 0.1) is 11.1 Å². The van der Waals surface area contributed by atoms with Crippen LogP contribution >= 0.6 is 11.5 Å². The van der Waals surface area contributed by atoms with E-state index in [9.17, 15) is 5.11 Å². The monoisotopic (exact) mass is 234 g/mol.